The zero-order chi connectivity index (χ0) is 20.5. The molecule has 0 amide bonds. The van der Waals surface area contributed by atoms with Crippen LogP contribution in [-0.4, -0.2) is 29.0 Å². The lowest BCUT2D eigenvalue weighted by Gasteiger charge is -2.32. The predicted octanol–water partition coefficient (Wildman–Crippen LogP) is 4.58. The van der Waals surface area contributed by atoms with Crippen molar-refractivity contribution in [1.29, 1.82) is 0 Å². The first-order valence-corrected chi connectivity index (χ1v) is 9.29. The first kappa shape index (κ1) is 20.2. The van der Waals surface area contributed by atoms with E-state index in [1.165, 1.54) is 24.3 Å². The minimum atomic E-state index is -0.561. The summed E-state index contributed by atoms with van der Waals surface area (Å²) in [6.45, 7) is 7.92. The van der Waals surface area contributed by atoms with Crippen molar-refractivity contribution in [3.8, 4) is 0 Å². The molecule has 0 N–H and O–H groups in total. The number of nitro benzene ring substituents is 1. The van der Waals surface area contributed by atoms with E-state index < -0.39 is 23.2 Å². The topological polar surface area (TPSA) is 78.7 Å². The quantitative estimate of drug-likeness (QED) is 0.317. The molecule has 3 rings (SSSR count). The maximum Gasteiger partial charge on any atom is 0.466 e. The molecular weight excluding hydrogens is 357 g/mol. The molecule has 146 valence electrons. The van der Waals surface area contributed by atoms with Crippen LogP contribution in [0.25, 0.3) is 0 Å². The first-order valence-electron chi connectivity index (χ1n) is 9.29. The zero-order valence-electron chi connectivity index (χ0n) is 16.5. The third kappa shape index (κ3) is 4.00. The number of ketones is 1. The van der Waals surface area contributed by atoms with Gasteiger partial charge in [0.1, 0.15) is 0 Å². The fraction of sp³-hybridized carbons (Fsp3) is 0.381. The number of nitro groups is 1. The van der Waals surface area contributed by atoms with Gasteiger partial charge in [0.25, 0.3) is 5.69 Å². The van der Waals surface area contributed by atoms with Crippen molar-refractivity contribution in [3.63, 3.8) is 0 Å². The van der Waals surface area contributed by atoms with Crippen LogP contribution in [0.15, 0.2) is 54.6 Å². The van der Waals surface area contributed by atoms with Gasteiger partial charge in [-0.1, -0.05) is 30.3 Å². The molecule has 0 aromatic heterocycles. The molecule has 1 unspecified atom stereocenters. The Hall–Kier alpha value is -2.51. The van der Waals surface area contributed by atoms with Crippen molar-refractivity contribution in [2.24, 2.45) is 0 Å². The lowest BCUT2D eigenvalue weighted by atomic mass is 9.65. The third-order valence-electron chi connectivity index (χ3n) is 5.63. The van der Waals surface area contributed by atoms with E-state index in [0.29, 0.717) is 5.56 Å². The normalized spacial score (nSPS) is 18.6. The highest BCUT2D eigenvalue weighted by molar-refractivity contribution is 6.48. The van der Waals surface area contributed by atoms with Crippen molar-refractivity contribution in [2.45, 2.75) is 51.1 Å². The lowest BCUT2D eigenvalue weighted by Crippen LogP contribution is -2.41. The lowest BCUT2D eigenvalue weighted by molar-refractivity contribution is -0.384. The number of rotatable bonds is 6. The van der Waals surface area contributed by atoms with E-state index in [1.807, 2.05) is 58.0 Å². The fourth-order valence-electron chi connectivity index (χ4n) is 3.21. The maximum absolute atomic E-state index is 12.9. The van der Waals surface area contributed by atoms with Gasteiger partial charge < -0.3 is 9.31 Å². The molecule has 2 aromatic rings. The summed E-state index contributed by atoms with van der Waals surface area (Å²) >= 11 is 0. The molecule has 2 aromatic carbocycles. The largest absolute Gasteiger partial charge is 0.466 e. The van der Waals surface area contributed by atoms with Crippen molar-refractivity contribution < 1.29 is 19.0 Å². The zero-order valence-corrected chi connectivity index (χ0v) is 16.5. The Morgan fingerprint density at radius 2 is 1.54 bits per heavy atom. The fourth-order valence-corrected chi connectivity index (χ4v) is 3.21. The van der Waals surface area contributed by atoms with E-state index >= 15 is 0 Å². The summed E-state index contributed by atoms with van der Waals surface area (Å²) in [6.07, 6.45) is 0.179. The molecule has 1 aliphatic heterocycles. The van der Waals surface area contributed by atoms with E-state index in [1.54, 1.807) is 0 Å². The summed E-state index contributed by atoms with van der Waals surface area (Å²) in [7, 11) is -0.561. The predicted molar refractivity (Wildman–Crippen MR) is 107 cm³/mol. The van der Waals surface area contributed by atoms with Gasteiger partial charge in [0.05, 0.1) is 16.1 Å². The van der Waals surface area contributed by atoms with Gasteiger partial charge in [-0.15, -0.1) is 0 Å². The average molecular weight is 381 g/mol. The number of Topliss-reactive ketones (excluding diaryl/α,β-unsaturated/α-hetero) is 1. The van der Waals surface area contributed by atoms with Crippen LogP contribution in [0.3, 0.4) is 0 Å². The molecule has 28 heavy (non-hydrogen) atoms. The van der Waals surface area contributed by atoms with E-state index in [2.05, 4.69) is 0 Å². The maximum atomic E-state index is 12.9. The number of hydrogen-bond donors (Lipinski definition) is 0. The molecule has 0 saturated carbocycles. The smallest absolute Gasteiger partial charge is 0.403 e. The summed E-state index contributed by atoms with van der Waals surface area (Å²) in [6, 6.07) is 15.4. The SMILES string of the molecule is CC1(C)OB(C(CC(=O)c2ccc([N+](=O)[O-])cc2)c2ccccc2)OC1(C)C. The molecular formula is C21H24BNO5. The van der Waals surface area contributed by atoms with Crippen molar-refractivity contribution in [3.05, 3.63) is 75.8 Å². The molecule has 1 fully saturated rings. The van der Waals surface area contributed by atoms with Gasteiger partial charge in [-0.05, 0) is 45.4 Å². The van der Waals surface area contributed by atoms with Gasteiger partial charge >= 0.3 is 7.12 Å². The van der Waals surface area contributed by atoms with Crippen LogP contribution in [0.5, 0.6) is 0 Å². The van der Waals surface area contributed by atoms with E-state index in [9.17, 15) is 14.9 Å². The van der Waals surface area contributed by atoms with Crippen LogP contribution < -0.4 is 0 Å². The van der Waals surface area contributed by atoms with Gasteiger partial charge in [0.15, 0.2) is 5.78 Å². The number of carbonyl (C=O) groups excluding carboxylic acids is 1. The summed E-state index contributed by atoms with van der Waals surface area (Å²) in [5.41, 5.74) is 0.351. The van der Waals surface area contributed by atoms with E-state index in [4.69, 9.17) is 9.31 Å². The Morgan fingerprint density at radius 1 is 1.00 bits per heavy atom. The minimum absolute atomic E-state index is 0.0397. The molecule has 1 atom stereocenters. The number of carbonyl (C=O) groups is 1. The Morgan fingerprint density at radius 3 is 2.04 bits per heavy atom. The van der Waals surface area contributed by atoms with Gasteiger partial charge in [-0.3, -0.25) is 14.9 Å². The highest BCUT2D eigenvalue weighted by Gasteiger charge is 2.54. The van der Waals surface area contributed by atoms with Crippen molar-refractivity contribution in [1.82, 2.24) is 0 Å². The number of hydrogen-bond acceptors (Lipinski definition) is 5. The minimum Gasteiger partial charge on any atom is -0.403 e. The van der Waals surface area contributed by atoms with Gasteiger partial charge in [0, 0.05) is 29.9 Å². The molecule has 1 saturated heterocycles. The number of benzene rings is 2. The Labute approximate surface area is 165 Å². The third-order valence-corrected chi connectivity index (χ3v) is 5.63. The summed E-state index contributed by atoms with van der Waals surface area (Å²) in [5, 5.41) is 10.8. The molecule has 7 heteroatoms. The molecule has 1 heterocycles. The number of nitrogens with zero attached hydrogens (tertiary/aromatic N) is 1. The molecule has 0 aliphatic carbocycles. The average Bonchev–Trinajstić information content (AvgIpc) is 2.87. The highest BCUT2D eigenvalue weighted by Crippen LogP contribution is 2.42. The number of non-ortho nitro benzene ring substituents is 1. The van der Waals surface area contributed by atoms with Crippen molar-refractivity contribution in [2.75, 3.05) is 0 Å². The Balaban J connectivity index is 1.86. The summed E-state index contributed by atoms with van der Waals surface area (Å²) in [5.74, 6) is -0.400. The van der Waals surface area contributed by atoms with Crippen LogP contribution in [-0.2, 0) is 9.31 Å². The van der Waals surface area contributed by atoms with Crippen LogP contribution in [0, 0.1) is 10.1 Å². The van der Waals surface area contributed by atoms with Gasteiger partial charge in [-0.2, -0.15) is 0 Å². The van der Waals surface area contributed by atoms with Crippen LogP contribution in [0.2, 0.25) is 0 Å². The summed E-state index contributed by atoms with van der Waals surface area (Å²) in [4.78, 5) is 23.3. The van der Waals surface area contributed by atoms with Crippen LogP contribution >= 0.6 is 0 Å². The van der Waals surface area contributed by atoms with E-state index in [0.717, 1.165) is 5.56 Å². The monoisotopic (exact) mass is 381 g/mol. The second-order valence-electron chi connectivity index (χ2n) is 8.07. The van der Waals surface area contributed by atoms with Gasteiger partial charge in [0.2, 0.25) is 0 Å². The van der Waals surface area contributed by atoms with Crippen molar-refractivity contribution >= 4 is 18.6 Å². The van der Waals surface area contributed by atoms with Crippen LogP contribution in [0.1, 0.15) is 55.9 Å². The molecule has 1 aliphatic rings. The Kier molecular flexibility index (Phi) is 5.41. The van der Waals surface area contributed by atoms with E-state index in [-0.39, 0.29) is 23.7 Å². The highest BCUT2D eigenvalue weighted by atomic mass is 16.7. The summed E-state index contributed by atoms with van der Waals surface area (Å²) < 4.78 is 12.4. The molecule has 0 spiro atoms. The first-order chi connectivity index (χ1) is 13.1. The standard InChI is InChI=1S/C21H24BNO5/c1-20(2)21(3,4)28-22(27-20)18(15-8-6-5-7-9-15)14-19(24)16-10-12-17(13-11-16)23(25)26/h5-13,18H,14H2,1-4H3. The van der Waals surface area contributed by atoms with Crippen LogP contribution in [0.4, 0.5) is 5.69 Å². The van der Waals surface area contributed by atoms with Gasteiger partial charge in [-0.25, -0.2) is 0 Å². The Bertz CT molecular complexity index is 848. The molecule has 6 nitrogen and oxygen atoms in total. The second kappa shape index (κ2) is 7.49. The molecule has 0 bridgehead atoms. The second-order valence-corrected chi connectivity index (χ2v) is 8.07. The molecule has 0 radical (unpaired) electrons.